The van der Waals surface area contributed by atoms with Crippen molar-refractivity contribution in [3.63, 3.8) is 0 Å². The summed E-state index contributed by atoms with van der Waals surface area (Å²) in [6.07, 6.45) is -0.563. The highest BCUT2D eigenvalue weighted by atomic mass is 16.4. The first kappa shape index (κ1) is 50.1. The van der Waals surface area contributed by atoms with Gasteiger partial charge in [-0.2, -0.15) is 0 Å². The smallest absolute Gasteiger partial charge is 0.305 e. The Hall–Kier alpha value is -5.88. The van der Waals surface area contributed by atoms with Crippen molar-refractivity contribution in [1.82, 2.24) is 31.9 Å². The van der Waals surface area contributed by atoms with E-state index in [1.165, 1.54) is 0 Å². The fourth-order valence-corrected chi connectivity index (χ4v) is 5.67. The van der Waals surface area contributed by atoms with Gasteiger partial charge in [0.2, 0.25) is 41.2 Å². The molecule has 0 saturated heterocycles. The number of ketones is 1. The zero-order chi connectivity index (χ0) is 44.3. The molecule has 0 radical (unpaired) electrons. The lowest BCUT2D eigenvalue weighted by Crippen LogP contribution is -2.61. The number of hydrogen-bond acceptors (Lipinski definition) is 10. The van der Waals surface area contributed by atoms with E-state index in [0.717, 1.165) is 5.56 Å². The molecule has 0 aliphatic heterocycles. The number of nitrogens with one attached hydrogen (secondary N) is 6. The number of rotatable bonds is 25. The fourth-order valence-electron chi connectivity index (χ4n) is 5.67. The van der Waals surface area contributed by atoms with E-state index in [1.54, 1.807) is 52.0 Å². The van der Waals surface area contributed by atoms with Gasteiger partial charge in [0.25, 0.3) is 5.91 Å². The second kappa shape index (κ2) is 24.0. The molecule has 0 heterocycles. The predicted octanol–water partition coefficient (Wildman–Crippen LogP) is -0.246. The highest BCUT2D eigenvalue weighted by Crippen LogP contribution is 2.21. The molecule has 0 unspecified atom stereocenters. The highest BCUT2D eigenvalue weighted by molar-refractivity contribution is 6.37. The van der Waals surface area contributed by atoms with Crippen LogP contribution in [0, 0.1) is 18.3 Å². The standard InChI is InChI=1S/C39H59N7O12/c1-8-9-14-24(32(53)34(40)54)44-36(56)25(17-21(2)3)45-38(58)33(39(5,6)7)46-37(57)26(18-23-13-11-10-12-22(23)4)43-29(48)20-41-35(55)27(19-31(51)52)42-28(47)15-16-30(49)50/h10-13,21,24-27,33H,8-9,14-20H2,1-7H3,(H2,40,54)(H,41,55)(H,42,47)(H,43,48)(H,44,56)(H,45,58)(H,46,57)(H,49,50)(H,51,52)/t24-,25-,26-,27-,33+/m0/s1. The molecule has 0 fully saturated rings. The minimum atomic E-state index is -1.64. The van der Waals surface area contributed by atoms with E-state index in [9.17, 15) is 53.1 Å². The van der Waals surface area contributed by atoms with Crippen molar-refractivity contribution >= 4 is 59.1 Å². The Morgan fingerprint density at radius 2 is 1.29 bits per heavy atom. The molecule has 0 aliphatic rings. The van der Waals surface area contributed by atoms with Crippen molar-refractivity contribution in [3.05, 3.63) is 35.4 Å². The van der Waals surface area contributed by atoms with Crippen molar-refractivity contribution in [1.29, 1.82) is 0 Å². The van der Waals surface area contributed by atoms with E-state index >= 15 is 0 Å². The summed E-state index contributed by atoms with van der Waals surface area (Å²) in [5, 5.41) is 32.9. The second-order valence-corrected chi connectivity index (χ2v) is 15.5. The number of hydrogen-bond donors (Lipinski definition) is 9. The van der Waals surface area contributed by atoms with E-state index in [2.05, 4.69) is 31.9 Å². The number of unbranched alkanes of at least 4 members (excludes halogenated alkanes) is 1. The summed E-state index contributed by atoms with van der Waals surface area (Å²) in [6, 6.07) is 0.369. The lowest BCUT2D eigenvalue weighted by Gasteiger charge is -2.33. The van der Waals surface area contributed by atoms with E-state index in [0.29, 0.717) is 18.4 Å². The fraction of sp³-hybridized carbons (Fsp3) is 0.590. The molecular formula is C39H59N7O12. The SMILES string of the molecule is CCCC[C@H](NC(=O)[C@H](CC(C)C)NC(=O)[C@@H](NC(=O)[C@H](Cc1ccccc1C)NC(=O)CNC(=O)[C@H](CC(=O)O)NC(=O)CCC(=O)O)C(C)(C)C)C(=O)C(N)=O. The molecule has 0 aromatic heterocycles. The van der Waals surface area contributed by atoms with Crippen LogP contribution < -0.4 is 37.6 Å². The third-order valence-corrected chi connectivity index (χ3v) is 8.83. The summed E-state index contributed by atoms with van der Waals surface area (Å²) in [5.41, 5.74) is 5.68. The normalized spacial score (nSPS) is 13.7. The molecule has 1 aromatic rings. The van der Waals surface area contributed by atoms with Crippen LogP contribution in [0.25, 0.3) is 0 Å². The molecule has 322 valence electrons. The van der Waals surface area contributed by atoms with Crippen LogP contribution in [0.5, 0.6) is 0 Å². The number of Topliss-reactive ketones (excluding diaryl/α,β-unsaturated/α-hetero) is 1. The van der Waals surface area contributed by atoms with E-state index in [1.807, 2.05) is 20.8 Å². The molecule has 1 rings (SSSR count). The van der Waals surface area contributed by atoms with Gasteiger partial charge in [-0.05, 0) is 42.2 Å². The van der Waals surface area contributed by atoms with Crippen LogP contribution in [0.4, 0.5) is 0 Å². The molecule has 19 heteroatoms. The van der Waals surface area contributed by atoms with Gasteiger partial charge in [0.15, 0.2) is 0 Å². The Balaban J connectivity index is 3.33. The number of benzene rings is 1. The Bertz CT molecular complexity index is 1670. The minimum absolute atomic E-state index is 0.0661. The molecule has 0 aliphatic carbocycles. The Labute approximate surface area is 337 Å². The summed E-state index contributed by atoms with van der Waals surface area (Å²) < 4.78 is 0. The van der Waals surface area contributed by atoms with Crippen LogP contribution in [-0.4, -0.2) is 106 Å². The number of amides is 7. The molecule has 19 nitrogen and oxygen atoms in total. The summed E-state index contributed by atoms with van der Waals surface area (Å²) in [7, 11) is 0. The summed E-state index contributed by atoms with van der Waals surface area (Å²) in [5.74, 6) is -10.2. The zero-order valence-electron chi connectivity index (χ0n) is 34.2. The third-order valence-electron chi connectivity index (χ3n) is 8.83. The van der Waals surface area contributed by atoms with E-state index in [-0.39, 0.29) is 25.2 Å². The van der Waals surface area contributed by atoms with Crippen molar-refractivity contribution in [2.75, 3.05) is 6.54 Å². The van der Waals surface area contributed by atoms with Gasteiger partial charge in [-0.25, -0.2) is 0 Å². The first-order chi connectivity index (χ1) is 27.0. The van der Waals surface area contributed by atoms with Gasteiger partial charge in [0, 0.05) is 12.8 Å². The van der Waals surface area contributed by atoms with Crippen molar-refractivity contribution in [2.45, 2.75) is 130 Å². The summed E-state index contributed by atoms with van der Waals surface area (Å²) >= 11 is 0. The van der Waals surface area contributed by atoms with Crippen LogP contribution >= 0.6 is 0 Å². The zero-order valence-corrected chi connectivity index (χ0v) is 34.2. The number of carboxylic acids is 2. The Morgan fingerprint density at radius 3 is 1.83 bits per heavy atom. The van der Waals surface area contributed by atoms with Crippen LogP contribution in [-0.2, 0) is 54.4 Å². The minimum Gasteiger partial charge on any atom is -0.481 e. The van der Waals surface area contributed by atoms with Gasteiger partial charge in [-0.1, -0.05) is 78.6 Å². The van der Waals surface area contributed by atoms with Crippen molar-refractivity contribution in [3.8, 4) is 0 Å². The third kappa shape index (κ3) is 18.4. The molecule has 0 bridgehead atoms. The van der Waals surface area contributed by atoms with E-state index < -0.39 is 121 Å². The van der Waals surface area contributed by atoms with Gasteiger partial charge in [0.05, 0.1) is 25.4 Å². The van der Waals surface area contributed by atoms with Crippen LogP contribution in [0.2, 0.25) is 0 Å². The van der Waals surface area contributed by atoms with Crippen molar-refractivity contribution < 1.29 is 58.2 Å². The first-order valence-electron chi connectivity index (χ1n) is 19.1. The molecule has 0 saturated carbocycles. The topological polar surface area (TPSA) is 309 Å². The van der Waals surface area contributed by atoms with Crippen LogP contribution in [0.1, 0.15) is 97.6 Å². The monoisotopic (exact) mass is 817 g/mol. The van der Waals surface area contributed by atoms with Crippen molar-refractivity contribution in [2.24, 2.45) is 17.1 Å². The van der Waals surface area contributed by atoms with Gasteiger partial charge in [-0.15, -0.1) is 0 Å². The molecule has 58 heavy (non-hydrogen) atoms. The quantitative estimate of drug-likeness (QED) is 0.0578. The Morgan fingerprint density at radius 1 is 0.707 bits per heavy atom. The van der Waals surface area contributed by atoms with Gasteiger partial charge in [0.1, 0.15) is 24.2 Å². The van der Waals surface area contributed by atoms with Gasteiger partial charge < -0.3 is 47.8 Å². The molecule has 0 spiro atoms. The van der Waals surface area contributed by atoms with Gasteiger partial charge in [-0.3, -0.25) is 47.9 Å². The average Bonchev–Trinajstić information content (AvgIpc) is 3.12. The van der Waals surface area contributed by atoms with Gasteiger partial charge >= 0.3 is 11.9 Å². The maximum absolute atomic E-state index is 14.0. The first-order valence-corrected chi connectivity index (χ1v) is 19.1. The maximum atomic E-state index is 14.0. The largest absolute Gasteiger partial charge is 0.481 e. The number of carbonyl (C=O) groups is 10. The lowest BCUT2D eigenvalue weighted by molar-refractivity contribution is -0.142. The number of carbonyl (C=O) groups excluding carboxylic acids is 8. The summed E-state index contributed by atoms with van der Waals surface area (Å²) in [4.78, 5) is 126. The summed E-state index contributed by atoms with van der Waals surface area (Å²) in [6.45, 7) is 11.5. The van der Waals surface area contributed by atoms with Crippen LogP contribution in [0.3, 0.4) is 0 Å². The number of aliphatic carboxylic acids is 2. The second-order valence-electron chi connectivity index (χ2n) is 15.5. The predicted molar refractivity (Wildman–Crippen MR) is 209 cm³/mol. The molecule has 10 N–H and O–H groups in total. The number of primary amides is 1. The number of aryl methyl sites for hydroxylation is 1. The molecular weight excluding hydrogens is 758 g/mol. The van der Waals surface area contributed by atoms with E-state index in [4.69, 9.17) is 10.8 Å². The maximum Gasteiger partial charge on any atom is 0.305 e. The molecule has 7 amide bonds. The number of carboxylic acid groups (broad SMARTS) is 2. The molecule has 1 aromatic carbocycles. The molecule has 5 atom stereocenters. The lowest BCUT2D eigenvalue weighted by atomic mass is 9.85. The highest BCUT2D eigenvalue weighted by Gasteiger charge is 2.38. The number of nitrogens with two attached hydrogens (primary N) is 1. The Kier molecular flexibility index (Phi) is 20.8. The van der Waals surface area contributed by atoms with Crippen LogP contribution in [0.15, 0.2) is 24.3 Å². The average molecular weight is 818 g/mol.